The Morgan fingerprint density at radius 1 is 0.814 bits per heavy atom. The number of ether oxygens (including phenoxy) is 3. The zero-order chi connectivity index (χ0) is 53.1. The summed E-state index contributed by atoms with van der Waals surface area (Å²) in [6, 6.07) is 9.35. The van der Waals surface area contributed by atoms with Crippen LogP contribution in [0.3, 0.4) is 0 Å². The van der Waals surface area contributed by atoms with Crippen LogP contribution >= 0.6 is 0 Å². The van der Waals surface area contributed by atoms with Gasteiger partial charge in [0.2, 0.25) is 29.9 Å². The summed E-state index contributed by atoms with van der Waals surface area (Å²) in [4.78, 5) is 95.5. The second-order valence-corrected chi connectivity index (χ2v) is 16.8. The van der Waals surface area contributed by atoms with E-state index >= 15 is 0 Å². The van der Waals surface area contributed by atoms with Crippen molar-refractivity contribution in [2.24, 2.45) is 14.1 Å². The average Bonchev–Trinajstić information content (AvgIpc) is 3.72. The van der Waals surface area contributed by atoms with E-state index < -0.39 is 42.0 Å². The van der Waals surface area contributed by atoms with E-state index in [0.717, 1.165) is 13.0 Å². The Labute approximate surface area is 404 Å². The number of para-hydroxylation sites is 2. The summed E-state index contributed by atoms with van der Waals surface area (Å²) < 4.78 is 59.2. The molecule has 2 aromatic heterocycles. The lowest BCUT2D eigenvalue weighted by Gasteiger charge is -2.24. The number of aryl methyl sites for hydroxylation is 2. The van der Waals surface area contributed by atoms with Crippen LogP contribution < -0.4 is 27.3 Å². The van der Waals surface area contributed by atoms with Crippen LogP contribution in [0.25, 0.3) is 22.1 Å². The van der Waals surface area contributed by atoms with E-state index in [4.69, 9.17) is 20.4 Å². The molecular weight excluding hydrogens is 922 g/mol. The molecule has 0 aliphatic carbocycles. The summed E-state index contributed by atoms with van der Waals surface area (Å²) in [5.74, 6) is 10.5. The van der Waals surface area contributed by atoms with E-state index in [9.17, 15) is 46.7 Å². The number of fused-ring (bicyclic) bond motifs is 2. The number of piperidine rings is 2. The quantitative estimate of drug-likeness (QED) is 0.0802. The van der Waals surface area contributed by atoms with Crippen LogP contribution in [-0.2, 0) is 52.3 Å². The Balaban J connectivity index is 0.000000332. The number of aromatic nitrogens is 4. The van der Waals surface area contributed by atoms with Crippen LogP contribution in [0.5, 0.6) is 0 Å². The summed E-state index contributed by atoms with van der Waals surface area (Å²) in [7, 11) is 8.12. The van der Waals surface area contributed by atoms with Crippen LogP contribution in [0.15, 0.2) is 46.0 Å². The number of hydrogen-bond acceptors (Lipinski definition) is 12. The monoisotopic (exact) mass is 983 g/mol. The van der Waals surface area contributed by atoms with Crippen molar-refractivity contribution in [1.29, 1.82) is 0 Å². The zero-order valence-electron chi connectivity index (χ0n) is 41.5. The standard InChI is InChI=1S/C25H32N4O6.C20H24N4O4.C2HF3O.CH4/c1-25(2,3)35-24(33)27(4)14-8-16-34-15-7-10-17-9-6-11-18-21(17)28(5)23(32)29(18)19-12-13-20(30)26-22(19)31;1-21-11-5-13-28-12-4-7-14-6-3-8-15-18(14)23(2)20(27)24(15)16-9-10-17(25)22-19(16)26;3-2(4,5)1-6;/h6,9,11,19H,8,12-16H2,1-5H3,(H,26,30,31);3,6,8,16,21H,5,9-13H2,1-2H3,(H,22,25,26);1H;1H4/i;;;1D. The lowest BCUT2D eigenvalue weighted by atomic mass is 10.1. The maximum Gasteiger partial charge on any atom is 0.446 e. The van der Waals surface area contributed by atoms with Crippen molar-refractivity contribution in [1.82, 2.24) is 39.1 Å². The SMILES string of the molecule is CN(CCCOCC#Cc1cccc2c1n(C)c(=O)n2C1CCC(=O)NC1=O)C(=O)OC(C)(C)C.CNCCCOCC#Cc1cccc2c1n(C)c(=O)n2C1CCC(=O)NC1=O.O=CC(F)(F)F.[2H]C. The number of carbonyl (C=O) groups is 6. The van der Waals surface area contributed by atoms with Crippen molar-refractivity contribution in [3.8, 4) is 23.7 Å². The summed E-state index contributed by atoms with van der Waals surface area (Å²) in [5.41, 5.74) is 2.66. The van der Waals surface area contributed by atoms with Gasteiger partial charge in [-0.1, -0.05) is 43.2 Å². The average molecular weight is 984 g/mol. The first kappa shape index (κ1) is 55.6. The van der Waals surface area contributed by atoms with Crippen LogP contribution in [0.4, 0.5) is 18.0 Å². The van der Waals surface area contributed by atoms with Crippen molar-refractivity contribution in [2.45, 2.75) is 90.6 Å². The Kier molecular flexibility index (Phi) is 20.7. The van der Waals surface area contributed by atoms with Gasteiger partial charge in [-0.25, -0.2) is 14.4 Å². The van der Waals surface area contributed by atoms with Crippen LogP contribution in [0, 0.1) is 23.7 Å². The molecule has 380 valence electrons. The molecule has 5 amide bonds. The molecule has 3 N–H and O–H groups in total. The van der Waals surface area contributed by atoms with Crippen molar-refractivity contribution in [3.05, 3.63) is 68.5 Å². The minimum Gasteiger partial charge on any atom is -0.444 e. The number of alkyl halides is 3. The van der Waals surface area contributed by atoms with E-state index in [1.54, 1.807) is 45.4 Å². The molecule has 2 atom stereocenters. The molecule has 4 heterocycles. The zero-order valence-corrected chi connectivity index (χ0v) is 40.5. The number of rotatable bonds is 12. The number of imide groups is 2. The van der Waals surface area contributed by atoms with Gasteiger partial charge in [-0.15, -0.1) is 0 Å². The molecule has 0 bridgehead atoms. The summed E-state index contributed by atoms with van der Waals surface area (Å²) >= 11 is 0. The Bertz CT molecular complexity index is 2790. The predicted molar refractivity (Wildman–Crippen MR) is 253 cm³/mol. The largest absolute Gasteiger partial charge is 0.446 e. The highest BCUT2D eigenvalue weighted by Crippen LogP contribution is 2.26. The molecule has 2 unspecified atom stereocenters. The Hall–Kier alpha value is -7.01. The topological polar surface area (TPSA) is 223 Å². The van der Waals surface area contributed by atoms with E-state index in [-0.39, 0.29) is 55.2 Å². The highest BCUT2D eigenvalue weighted by molar-refractivity contribution is 6.01. The molecule has 4 aromatic rings. The number of hydrogen-bond donors (Lipinski definition) is 3. The fourth-order valence-corrected chi connectivity index (χ4v) is 7.23. The van der Waals surface area contributed by atoms with Crippen LogP contribution in [0.2, 0.25) is 0 Å². The highest BCUT2D eigenvalue weighted by Gasteiger charge is 2.33. The van der Waals surface area contributed by atoms with E-state index in [0.29, 0.717) is 72.4 Å². The molecule has 70 heavy (non-hydrogen) atoms. The molecule has 2 aromatic carbocycles. The molecule has 2 aliphatic rings. The number of carbonyl (C=O) groups excluding carboxylic acids is 6. The van der Waals surface area contributed by atoms with Gasteiger partial charge in [0, 0.05) is 55.1 Å². The second kappa shape index (κ2) is 26.1. The minimum absolute atomic E-state index is 0.184. The van der Waals surface area contributed by atoms with Gasteiger partial charge in [-0.3, -0.25) is 52.9 Å². The van der Waals surface area contributed by atoms with Gasteiger partial charge in [0.15, 0.2) is 0 Å². The lowest BCUT2D eigenvalue weighted by Crippen LogP contribution is -2.44. The van der Waals surface area contributed by atoms with Crippen molar-refractivity contribution in [3.63, 3.8) is 0 Å². The van der Waals surface area contributed by atoms with Gasteiger partial charge in [0.05, 0.1) is 33.2 Å². The van der Waals surface area contributed by atoms with Gasteiger partial charge in [-0.2, -0.15) is 13.2 Å². The molecule has 0 spiro atoms. The number of nitrogens with zero attached hydrogens (tertiary/aromatic N) is 5. The fraction of sp³-hybridized carbons (Fsp3) is 0.500. The van der Waals surface area contributed by atoms with E-state index in [1.165, 1.54) is 30.6 Å². The normalized spacial score (nSPS) is 15.7. The highest BCUT2D eigenvalue weighted by atomic mass is 19.4. The van der Waals surface area contributed by atoms with Gasteiger partial charge >= 0.3 is 23.6 Å². The maximum absolute atomic E-state index is 12.9. The van der Waals surface area contributed by atoms with Crippen LogP contribution in [-0.4, -0.2) is 125 Å². The third-order valence-electron chi connectivity index (χ3n) is 10.4. The number of benzene rings is 2. The number of aldehydes is 1. The van der Waals surface area contributed by atoms with E-state index in [2.05, 4.69) is 39.6 Å². The molecule has 2 saturated heterocycles. The molecular formula is C48H61F3N8O11. The molecule has 0 saturated carbocycles. The number of halogens is 3. The van der Waals surface area contributed by atoms with Crippen molar-refractivity contribution < 1.29 is 57.5 Å². The maximum atomic E-state index is 12.9. The predicted octanol–water partition coefficient (Wildman–Crippen LogP) is 3.62. The first-order valence-electron chi connectivity index (χ1n) is 22.9. The Morgan fingerprint density at radius 3 is 1.63 bits per heavy atom. The molecule has 0 radical (unpaired) electrons. The fourth-order valence-electron chi connectivity index (χ4n) is 7.23. The summed E-state index contributed by atoms with van der Waals surface area (Å²) in [6.45, 7) is 8.41. The molecule has 2 aliphatic heterocycles. The molecule has 2 fully saturated rings. The molecule has 19 nitrogen and oxygen atoms in total. The summed E-state index contributed by atoms with van der Waals surface area (Å²) in [5, 5.41) is 7.67. The third-order valence-corrected chi connectivity index (χ3v) is 10.4. The smallest absolute Gasteiger partial charge is 0.444 e. The van der Waals surface area contributed by atoms with Gasteiger partial charge in [0.1, 0.15) is 30.9 Å². The van der Waals surface area contributed by atoms with Crippen molar-refractivity contribution in [2.75, 3.05) is 53.6 Å². The molecule has 6 rings (SSSR count). The number of imidazole rings is 2. The van der Waals surface area contributed by atoms with Crippen molar-refractivity contribution >= 4 is 58.1 Å². The molecule has 22 heteroatoms. The number of amides is 5. The number of nitrogens with one attached hydrogen (secondary N) is 3. The lowest BCUT2D eigenvalue weighted by molar-refractivity contribution is -0.156. The van der Waals surface area contributed by atoms with Gasteiger partial charge in [0.25, 0.3) is 0 Å². The van der Waals surface area contributed by atoms with Gasteiger partial charge in [-0.05, 0) is 84.3 Å². The minimum atomic E-state index is -4.64. The van der Waals surface area contributed by atoms with Crippen LogP contribution in [0.1, 0.15) is 91.3 Å². The summed E-state index contributed by atoms with van der Waals surface area (Å²) in [6.07, 6.45) is -3.55. The first-order valence-corrected chi connectivity index (χ1v) is 21.9. The van der Waals surface area contributed by atoms with E-state index in [1.807, 2.05) is 40.0 Å². The Morgan fingerprint density at radius 2 is 1.24 bits per heavy atom. The third kappa shape index (κ3) is 15.8. The second-order valence-electron chi connectivity index (χ2n) is 16.8. The van der Waals surface area contributed by atoms with Gasteiger partial charge < -0.3 is 24.4 Å². The first-order chi connectivity index (χ1) is 33.6.